The zero-order valence-corrected chi connectivity index (χ0v) is 10.3. The summed E-state index contributed by atoms with van der Waals surface area (Å²) in [5.74, 6) is -6.13. The summed E-state index contributed by atoms with van der Waals surface area (Å²) in [5.41, 5.74) is 0. The average Bonchev–Trinajstić information content (AvgIpc) is 2.24. The Morgan fingerprint density at radius 2 is 1.75 bits per heavy atom. The van der Waals surface area contributed by atoms with Crippen LogP contribution >= 0.6 is 0 Å². The van der Waals surface area contributed by atoms with E-state index in [-0.39, 0.29) is 0 Å². The molecule has 1 aliphatic heterocycles. The number of ether oxygens (including phenoxy) is 1. The van der Waals surface area contributed by atoms with Gasteiger partial charge in [0.1, 0.15) is 0 Å². The standard InChI is InChI=1S/C10H13F6NO3/c1-5-2-17(3-6(4-18)20-5)8(19)7(9(11,12)13)10(14,15)16/h5-7,18H,2-4H2,1H3. The normalized spacial score (nSPS) is 25.1. The Hall–Kier alpha value is -1.03. The average molecular weight is 309 g/mol. The van der Waals surface area contributed by atoms with Crippen LogP contribution in [0.3, 0.4) is 0 Å². The summed E-state index contributed by atoms with van der Waals surface area (Å²) in [6, 6.07) is 0. The van der Waals surface area contributed by atoms with Crippen molar-refractivity contribution in [3.8, 4) is 0 Å². The summed E-state index contributed by atoms with van der Waals surface area (Å²) in [5, 5.41) is 8.86. The highest BCUT2D eigenvalue weighted by molar-refractivity contribution is 5.80. The van der Waals surface area contributed by atoms with E-state index in [1.807, 2.05) is 0 Å². The maximum Gasteiger partial charge on any atom is 0.409 e. The molecular formula is C10H13F6NO3. The Kier molecular flexibility index (Phi) is 4.90. The van der Waals surface area contributed by atoms with Crippen molar-refractivity contribution in [1.82, 2.24) is 4.90 Å². The SMILES string of the molecule is CC1CN(C(=O)C(C(F)(F)F)C(F)(F)F)CC(CO)O1. The van der Waals surface area contributed by atoms with Gasteiger partial charge in [0.25, 0.3) is 0 Å². The van der Waals surface area contributed by atoms with Gasteiger partial charge in [-0.1, -0.05) is 0 Å². The fourth-order valence-electron chi connectivity index (χ4n) is 1.97. The molecule has 0 radical (unpaired) electrons. The molecule has 0 aromatic carbocycles. The van der Waals surface area contributed by atoms with Crippen molar-refractivity contribution in [2.75, 3.05) is 19.7 Å². The molecule has 10 heteroatoms. The molecule has 1 rings (SSSR count). The van der Waals surface area contributed by atoms with Crippen LogP contribution in [-0.2, 0) is 9.53 Å². The van der Waals surface area contributed by atoms with E-state index in [0.717, 1.165) is 0 Å². The number of hydrogen-bond acceptors (Lipinski definition) is 3. The molecule has 0 spiro atoms. The molecular weight excluding hydrogens is 296 g/mol. The van der Waals surface area contributed by atoms with E-state index in [2.05, 4.69) is 0 Å². The van der Waals surface area contributed by atoms with Gasteiger partial charge in [-0.3, -0.25) is 4.79 Å². The monoisotopic (exact) mass is 309 g/mol. The van der Waals surface area contributed by atoms with Crippen LogP contribution in [0.15, 0.2) is 0 Å². The molecule has 1 amide bonds. The second-order valence-corrected chi connectivity index (χ2v) is 4.51. The molecule has 1 heterocycles. The minimum atomic E-state index is -5.72. The van der Waals surface area contributed by atoms with Gasteiger partial charge in [-0.05, 0) is 6.92 Å². The largest absolute Gasteiger partial charge is 0.409 e. The molecule has 2 atom stereocenters. The lowest BCUT2D eigenvalue weighted by Crippen LogP contribution is -2.56. The minimum absolute atomic E-state index is 0.391. The number of alkyl halides is 6. The lowest BCUT2D eigenvalue weighted by Gasteiger charge is -2.38. The topological polar surface area (TPSA) is 49.8 Å². The number of carbonyl (C=O) groups excluding carboxylic acids is 1. The predicted molar refractivity (Wildman–Crippen MR) is 53.6 cm³/mol. The molecule has 0 aliphatic carbocycles. The Bertz CT molecular complexity index is 342. The number of morpholine rings is 1. The highest BCUT2D eigenvalue weighted by Gasteiger charge is 2.62. The number of amides is 1. The molecule has 118 valence electrons. The van der Waals surface area contributed by atoms with Gasteiger partial charge in [-0.15, -0.1) is 0 Å². The van der Waals surface area contributed by atoms with Crippen LogP contribution in [0, 0.1) is 5.92 Å². The maximum atomic E-state index is 12.4. The smallest absolute Gasteiger partial charge is 0.394 e. The summed E-state index contributed by atoms with van der Waals surface area (Å²) in [4.78, 5) is 12.0. The number of hydrogen-bond donors (Lipinski definition) is 1. The molecule has 20 heavy (non-hydrogen) atoms. The van der Waals surface area contributed by atoms with Crippen molar-refractivity contribution in [1.29, 1.82) is 0 Å². The molecule has 1 saturated heterocycles. The highest BCUT2D eigenvalue weighted by atomic mass is 19.4. The second kappa shape index (κ2) is 5.76. The Morgan fingerprint density at radius 1 is 1.25 bits per heavy atom. The van der Waals surface area contributed by atoms with Gasteiger partial charge >= 0.3 is 12.4 Å². The van der Waals surface area contributed by atoms with Gasteiger partial charge in [0.2, 0.25) is 11.8 Å². The quantitative estimate of drug-likeness (QED) is 0.783. The summed E-state index contributed by atoms with van der Waals surface area (Å²) in [6.45, 7) is -0.116. The third-order valence-electron chi connectivity index (χ3n) is 2.74. The minimum Gasteiger partial charge on any atom is -0.394 e. The van der Waals surface area contributed by atoms with E-state index >= 15 is 0 Å². The molecule has 2 unspecified atom stereocenters. The lowest BCUT2D eigenvalue weighted by molar-refractivity contribution is -0.279. The van der Waals surface area contributed by atoms with Crippen LogP contribution < -0.4 is 0 Å². The van der Waals surface area contributed by atoms with Gasteiger partial charge in [0.05, 0.1) is 18.8 Å². The zero-order valence-electron chi connectivity index (χ0n) is 10.3. The molecule has 0 saturated carbocycles. The van der Waals surface area contributed by atoms with Crippen molar-refractivity contribution < 1.29 is 41.0 Å². The summed E-state index contributed by atoms with van der Waals surface area (Å²) in [6.07, 6.45) is -13.2. The maximum absolute atomic E-state index is 12.4. The number of nitrogens with zero attached hydrogens (tertiary/aromatic N) is 1. The molecule has 1 fully saturated rings. The van der Waals surface area contributed by atoms with Crippen molar-refractivity contribution in [3.05, 3.63) is 0 Å². The molecule has 0 bridgehead atoms. The van der Waals surface area contributed by atoms with Crippen LogP contribution in [0.5, 0.6) is 0 Å². The van der Waals surface area contributed by atoms with Crippen LogP contribution in [0.25, 0.3) is 0 Å². The van der Waals surface area contributed by atoms with Crippen molar-refractivity contribution >= 4 is 5.91 Å². The van der Waals surface area contributed by atoms with E-state index in [0.29, 0.717) is 4.90 Å². The predicted octanol–water partition coefficient (Wildman–Crippen LogP) is 1.34. The van der Waals surface area contributed by atoms with Crippen LogP contribution in [0.1, 0.15) is 6.92 Å². The summed E-state index contributed by atoms with van der Waals surface area (Å²) >= 11 is 0. The lowest BCUT2D eigenvalue weighted by atomic mass is 10.1. The number of carbonyl (C=O) groups is 1. The van der Waals surface area contributed by atoms with Crippen molar-refractivity contribution in [3.63, 3.8) is 0 Å². The summed E-state index contributed by atoms with van der Waals surface area (Å²) in [7, 11) is 0. The number of rotatable bonds is 2. The second-order valence-electron chi connectivity index (χ2n) is 4.51. The van der Waals surface area contributed by atoms with Gasteiger partial charge in [0, 0.05) is 13.1 Å². The first-order chi connectivity index (χ1) is 8.96. The zero-order chi connectivity index (χ0) is 15.7. The van der Waals surface area contributed by atoms with Gasteiger partial charge in [0.15, 0.2) is 0 Å². The number of aliphatic hydroxyl groups excluding tert-OH is 1. The molecule has 4 nitrogen and oxygen atoms in total. The fourth-order valence-corrected chi connectivity index (χ4v) is 1.97. The van der Waals surface area contributed by atoms with E-state index in [1.165, 1.54) is 6.92 Å². The van der Waals surface area contributed by atoms with Crippen molar-refractivity contribution in [2.24, 2.45) is 5.92 Å². The van der Waals surface area contributed by atoms with Gasteiger partial charge in [-0.2, -0.15) is 26.3 Å². The van der Waals surface area contributed by atoms with E-state index < -0.39 is 56.1 Å². The number of halogens is 6. The van der Waals surface area contributed by atoms with Crippen LogP contribution in [0.4, 0.5) is 26.3 Å². The van der Waals surface area contributed by atoms with Gasteiger partial charge in [-0.25, -0.2) is 0 Å². The molecule has 1 N–H and O–H groups in total. The fraction of sp³-hybridized carbons (Fsp3) is 0.900. The van der Waals surface area contributed by atoms with Crippen LogP contribution in [-0.4, -0.2) is 60.2 Å². The summed E-state index contributed by atoms with van der Waals surface area (Å²) < 4.78 is 79.8. The van der Waals surface area contributed by atoms with E-state index in [1.54, 1.807) is 0 Å². The van der Waals surface area contributed by atoms with E-state index in [4.69, 9.17) is 9.84 Å². The first kappa shape index (κ1) is 17.0. The van der Waals surface area contributed by atoms with Gasteiger partial charge < -0.3 is 14.7 Å². The Labute approximate surface area is 110 Å². The first-order valence-corrected chi connectivity index (χ1v) is 5.65. The highest BCUT2D eigenvalue weighted by Crippen LogP contribution is 2.40. The molecule has 0 aromatic rings. The third-order valence-corrected chi connectivity index (χ3v) is 2.74. The third kappa shape index (κ3) is 3.98. The Balaban J connectivity index is 2.95. The first-order valence-electron chi connectivity index (χ1n) is 5.65. The van der Waals surface area contributed by atoms with Crippen molar-refractivity contribution in [2.45, 2.75) is 31.5 Å². The molecule has 0 aromatic heterocycles. The Morgan fingerprint density at radius 3 is 2.15 bits per heavy atom. The van der Waals surface area contributed by atoms with E-state index in [9.17, 15) is 31.1 Å². The molecule has 1 aliphatic rings. The number of aliphatic hydroxyl groups is 1. The van der Waals surface area contributed by atoms with Crippen LogP contribution in [0.2, 0.25) is 0 Å².